The fourth-order valence-corrected chi connectivity index (χ4v) is 3.48. The summed E-state index contributed by atoms with van der Waals surface area (Å²) in [5.41, 5.74) is -1.74. The van der Waals surface area contributed by atoms with E-state index < -0.39 is 23.6 Å². The Morgan fingerprint density at radius 1 is 1.23 bits per heavy atom. The van der Waals surface area contributed by atoms with E-state index in [1.165, 1.54) is 0 Å². The lowest BCUT2D eigenvalue weighted by Gasteiger charge is -2.46. The van der Waals surface area contributed by atoms with Crippen LogP contribution in [-0.4, -0.2) is 61.3 Å². The molecular weight excluding hydrogens is 354 g/mol. The van der Waals surface area contributed by atoms with Crippen LogP contribution in [0.1, 0.15) is 18.4 Å². The number of benzene rings is 1. The summed E-state index contributed by atoms with van der Waals surface area (Å²) in [6, 6.07) is 1.93. The largest absolute Gasteiger partial charge is 0.419 e. The first-order chi connectivity index (χ1) is 12.2. The standard InChI is InChI=1S/C17H21F4N3O2/c1-23-8-9-26-16(11-23)4-6-24(7-5-16)15(25)22-12-2-3-14(18)13(10-12)17(19,20)21/h2-3,10H,4-9,11H2,1H3,(H,22,25). The molecule has 0 aromatic heterocycles. The number of carbonyl (C=O) groups is 1. The highest BCUT2D eigenvalue weighted by Crippen LogP contribution is 2.33. The van der Waals surface area contributed by atoms with Gasteiger partial charge in [-0.3, -0.25) is 0 Å². The van der Waals surface area contributed by atoms with Gasteiger partial charge in [-0.25, -0.2) is 9.18 Å². The molecule has 2 fully saturated rings. The second-order valence-electron chi connectivity index (χ2n) is 6.88. The van der Waals surface area contributed by atoms with Gasteiger partial charge in [0.15, 0.2) is 0 Å². The highest BCUT2D eigenvalue weighted by molar-refractivity contribution is 5.89. The van der Waals surface area contributed by atoms with Crippen LogP contribution in [0.15, 0.2) is 18.2 Å². The summed E-state index contributed by atoms with van der Waals surface area (Å²) < 4.78 is 57.6. The van der Waals surface area contributed by atoms with Crippen LogP contribution in [0.3, 0.4) is 0 Å². The molecule has 1 spiro atoms. The lowest BCUT2D eigenvalue weighted by atomic mass is 9.89. The van der Waals surface area contributed by atoms with E-state index in [2.05, 4.69) is 10.2 Å². The highest BCUT2D eigenvalue weighted by Gasteiger charge is 2.40. The van der Waals surface area contributed by atoms with Gasteiger partial charge in [0.25, 0.3) is 0 Å². The van der Waals surface area contributed by atoms with Gasteiger partial charge in [-0.2, -0.15) is 13.2 Å². The maximum atomic E-state index is 13.3. The second-order valence-corrected chi connectivity index (χ2v) is 6.88. The van der Waals surface area contributed by atoms with Gasteiger partial charge < -0.3 is 19.9 Å². The summed E-state index contributed by atoms with van der Waals surface area (Å²) in [7, 11) is 2.02. The van der Waals surface area contributed by atoms with Gasteiger partial charge in [0.2, 0.25) is 0 Å². The van der Waals surface area contributed by atoms with Crippen LogP contribution >= 0.6 is 0 Å². The Labute approximate surface area is 148 Å². The van der Waals surface area contributed by atoms with E-state index in [0.29, 0.717) is 44.7 Å². The number of carbonyl (C=O) groups excluding carboxylic acids is 1. The number of hydrogen-bond donors (Lipinski definition) is 1. The van der Waals surface area contributed by atoms with Crippen LogP contribution in [0.5, 0.6) is 0 Å². The van der Waals surface area contributed by atoms with Crippen molar-refractivity contribution in [2.24, 2.45) is 0 Å². The molecule has 0 radical (unpaired) electrons. The van der Waals surface area contributed by atoms with Crippen molar-refractivity contribution < 1.29 is 27.1 Å². The van der Waals surface area contributed by atoms with Crippen molar-refractivity contribution in [2.75, 3.05) is 45.2 Å². The fraction of sp³-hybridized carbons (Fsp3) is 0.588. The summed E-state index contributed by atoms with van der Waals surface area (Å²) in [6.07, 6.45) is -3.48. The van der Waals surface area contributed by atoms with Crippen molar-refractivity contribution in [3.63, 3.8) is 0 Å². The maximum absolute atomic E-state index is 13.3. The van der Waals surface area contributed by atoms with Crippen molar-refractivity contribution in [2.45, 2.75) is 24.6 Å². The van der Waals surface area contributed by atoms with Crippen LogP contribution in [0.4, 0.5) is 28.0 Å². The lowest BCUT2D eigenvalue weighted by Crippen LogP contribution is -2.57. The van der Waals surface area contributed by atoms with Gasteiger partial charge >= 0.3 is 12.2 Å². The molecule has 1 aromatic carbocycles. The zero-order valence-electron chi connectivity index (χ0n) is 14.4. The molecule has 0 atom stereocenters. The first-order valence-corrected chi connectivity index (χ1v) is 8.44. The molecule has 5 nitrogen and oxygen atoms in total. The van der Waals surface area contributed by atoms with Gasteiger partial charge in [-0.15, -0.1) is 0 Å². The summed E-state index contributed by atoms with van der Waals surface area (Å²) >= 11 is 0. The van der Waals surface area contributed by atoms with E-state index in [0.717, 1.165) is 19.2 Å². The molecule has 9 heteroatoms. The van der Waals surface area contributed by atoms with E-state index in [-0.39, 0.29) is 11.3 Å². The third-order valence-corrected chi connectivity index (χ3v) is 4.92. The van der Waals surface area contributed by atoms with Crippen molar-refractivity contribution in [3.8, 4) is 0 Å². The van der Waals surface area contributed by atoms with E-state index in [1.54, 1.807) is 4.90 Å². The molecule has 2 aliphatic rings. The number of nitrogens with one attached hydrogen (secondary N) is 1. The van der Waals surface area contributed by atoms with Gasteiger partial charge in [-0.05, 0) is 38.1 Å². The van der Waals surface area contributed by atoms with E-state index in [4.69, 9.17) is 4.74 Å². The quantitative estimate of drug-likeness (QED) is 0.767. The average Bonchev–Trinajstić information content (AvgIpc) is 2.56. The van der Waals surface area contributed by atoms with Crippen LogP contribution in [0.25, 0.3) is 0 Å². The topological polar surface area (TPSA) is 44.8 Å². The van der Waals surface area contributed by atoms with Gasteiger partial charge in [0, 0.05) is 31.9 Å². The molecule has 1 aromatic rings. The van der Waals surface area contributed by atoms with E-state index >= 15 is 0 Å². The number of ether oxygens (including phenoxy) is 1. The van der Waals surface area contributed by atoms with Gasteiger partial charge in [-0.1, -0.05) is 0 Å². The Balaban J connectivity index is 1.61. The van der Waals surface area contributed by atoms with Crippen molar-refractivity contribution in [1.29, 1.82) is 0 Å². The predicted molar refractivity (Wildman–Crippen MR) is 87.4 cm³/mol. The molecule has 0 aliphatic carbocycles. The van der Waals surface area contributed by atoms with Crippen LogP contribution < -0.4 is 5.32 Å². The molecule has 3 rings (SSSR count). The molecule has 2 heterocycles. The van der Waals surface area contributed by atoms with Gasteiger partial charge in [0.1, 0.15) is 5.82 Å². The summed E-state index contributed by atoms with van der Waals surface area (Å²) in [6.45, 7) is 3.23. The van der Waals surface area contributed by atoms with E-state index in [9.17, 15) is 22.4 Å². The number of likely N-dealkylation sites (N-methyl/N-ethyl adjacent to an activating group) is 1. The third kappa shape index (κ3) is 4.09. The first-order valence-electron chi connectivity index (χ1n) is 8.44. The fourth-order valence-electron chi connectivity index (χ4n) is 3.48. The Morgan fingerprint density at radius 2 is 1.92 bits per heavy atom. The number of piperidine rings is 1. The molecule has 0 bridgehead atoms. The third-order valence-electron chi connectivity index (χ3n) is 4.92. The van der Waals surface area contributed by atoms with Crippen LogP contribution in [0, 0.1) is 5.82 Å². The molecule has 0 unspecified atom stereocenters. The number of rotatable bonds is 1. The lowest BCUT2D eigenvalue weighted by molar-refractivity contribution is -0.139. The Morgan fingerprint density at radius 3 is 2.54 bits per heavy atom. The van der Waals surface area contributed by atoms with Crippen LogP contribution in [-0.2, 0) is 10.9 Å². The number of amides is 2. The number of anilines is 1. The number of alkyl halides is 3. The molecule has 2 saturated heterocycles. The SMILES string of the molecule is CN1CCOC2(CCN(C(=O)Nc3ccc(F)c(C(F)(F)F)c3)CC2)C1. The van der Waals surface area contributed by atoms with Gasteiger partial charge in [0.05, 0.1) is 17.8 Å². The number of likely N-dealkylation sites (tertiary alicyclic amines) is 1. The number of nitrogens with zero attached hydrogens (tertiary/aromatic N) is 2. The minimum absolute atomic E-state index is 0.0855. The number of urea groups is 1. The Hall–Kier alpha value is -1.87. The minimum atomic E-state index is -4.81. The number of hydrogen-bond acceptors (Lipinski definition) is 3. The predicted octanol–water partition coefficient (Wildman–Crippen LogP) is 3.17. The smallest absolute Gasteiger partial charge is 0.372 e. The normalized spacial score (nSPS) is 21.0. The molecular formula is C17H21F4N3O2. The zero-order chi connectivity index (χ0) is 18.9. The average molecular weight is 375 g/mol. The zero-order valence-corrected chi connectivity index (χ0v) is 14.4. The number of halogens is 4. The molecule has 2 aliphatic heterocycles. The summed E-state index contributed by atoms with van der Waals surface area (Å²) in [4.78, 5) is 16.1. The maximum Gasteiger partial charge on any atom is 0.419 e. The summed E-state index contributed by atoms with van der Waals surface area (Å²) in [5.74, 6) is -1.37. The summed E-state index contributed by atoms with van der Waals surface area (Å²) in [5, 5.41) is 2.42. The molecule has 2 amide bonds. The molecule has 26 heavy (non-hydrogen) atoms. The minimum Gasteiger partial charge on any atom is -0.372 e. The van der Waals surface area contributed by atoms with Crippen molar-refractivity contribution in [1.82, 2.24) is 9.80 Å². The first kappa shape index (κ1) is 18.9. The number of morpholine rings is 1. The van der Waals surface area contributed by atoms with E-state index in [1.807, 2.05) is 7.05 Å². The monoisotopic (exact) mass is 375 g/mol. The van der Waals surface area contributed by atoms with Crippen LogP contribution in [0.2, 0.25) is 0 Å². The van der Waals surface area contributed by atoms with Crippen molar-refractivity contribution >= 4 is 11.7 Å². The second kappa shape index (κ2) is 7.03. The van der Waals surface area contributed by atoms with Crippen molar-refractivity contribution in [3.05, 3.63) is 29.6 Å². The Kier molecular flexibility index (Phi) is 5.12. The molecule has 1 N–H and O–H groups in total. The molecule has 144 valence electrons. The Bertz CT molecular complexity index is 672. The highest BCUT2D eigenvalue weighted by atomic mass is 19.4. The molecule has 0 saturated carbocycles.